The average molecular weight is 539 g/mol. The third-order valence-corrected chi connectivity index (χ3v) is 9.08. The van der Waals surface area contributed by atoms with Gasteiger partial charge >= 0.3 is 5.97 Å². The van der Waals surface area contributed by atoms with Crippen molar-refractivity contribution in [3.8, 4) is 0 Å². The monoisotopic (exact) mass is 538 g/mol. The van der Waals surface area contributed by atoms with Crippen LogP contribution in [0.2, 0.25) is 0 Å². The summed E-state index contributed by atoms with van der Waals surface area (Å²) in [5.41, 5.74) is 2.63. The number of hydrogen-bond acceptors (Lipinski definition) is 4. The Morgan fingerprint density at radius 1 is 0.744 bits per heavy atom. The van der Waals surface area contributed by atoms with E-state index in [1.807, 2.05) is 99.6 Å². The molecule has 0 aliphatic heterocycles. The van der Waals surface area contributed by atoms with Gasteiger partial charge in [0.1, 0.15) is 12.1 Å². The van der Waals surface area contributed by atoms with E-state index < -0.39 is 26.0 Å². The van der Waals surface area contributed by atoms with Crippen LogP contribution in [-0.2, 0) is 14.3 Å². The molecule has 39 heavy (non-hydrogen) atoms. The molecule has 0 aliphatic rings. The summed E-state index contributed by atoms with van der Waals surface area (Å²) in [5.74, 6) is -0.732. The van der Waals surface area contributed by atoms with E-state index in [1.165, 1.54) is 17.7 Å². The number of carbonyl (C=O) groups is 2. The number of rotatable bonds is 10. The van der Waals surface area contributed by atoms with Gasteiger partial charge in [0.2, 0.25) is 5.91 Å². The number of aryl methyl sites for hydroxylation is 1. The Morgan fingerprint density at radius 2 is 1.28 bits per heavy atom. The SMILES string of the molecule is COC(=O)[C@@H](N[C@H](C(=O)Nc1ccc(C)cc1)c1ccccc1P(c1ccccc1)c1ccccc1)C(C)C. The van der Waals surface area contributed by atoms with Gasteiger partial charge in [-0.2, -0.15) is 0 Å². The molecule has 0 heterocycles. The number of amides is 1. The summed E-state index contributed by atoms with van der Waals surface area (Å²) in [5, 5.41) is 9.85. The molecular formula is C33H35N2O3P. The zero-order chi connectivity index (χ0) is 27.8. The summed E-state index contributed by atoms with van der Waals surface area (Å²) in [4.78, 5) is 26.8. The van der Waals surface area contributed by atoms with Crippen molar-refractivity contribution in [1.82, 2.24) is 5.32 Å². The zero-order valence-corrected chi connectivity index (χ0v) is 23.7. The first kappa shape index (κ1) is 28.2. The summed E-state index contributed by atoms with van der Waals surface area (Å²) < 4.78 is 5.11. The summed E-state index contributed by atoms with van der Waals surface area (Å²) in [6.07, 6.45) is 0. The lowest BCUT2D eigenvalue weighted by Crippen LogP contribution is -2.48. The van der Waals surface area contributed by atoms with Gasteiger partial charge in [0.05, 0.1) is 7.11 Å². The summed E-state index contributed by atoms with van der Waals surface area (Å²) in [7, 11) is 0.391. The minimum Gasteiger partial charge on any atom is -0.468 e. The predicted molar refractivity (Wildman–Crippen MR) is 161 cm³/mol. The van der Waals surface area contributed by atoms with Gasteiger partial charge in [0, 0.05) is 5.69 Å². The van der Waals surface area contributed by atoms with Crippen LogP contribution >= 0.6 is 7.92 Å². The van der Waals surface area contributed by atoms with E-state index in [9.17, 15) is 9.59 Å². The van der Waals surface area contributed by atoms with Crippen molar-refractivity contribution in [2.45, 2.75) is 32.9 Å². The minimum atomic E-state index is -0.983. The maximum absolute atomic E-state index is 14.0. The van der Waals surface area contributed by atoms with Gasteiger partial charge in [-0.3, -0.25) is 14.9 Å². The Morgan fingerprint density at radius 3 is 1.82 bits per heavy atom. The van der Waals surface area contributed by atoms with E-state index >= 15 is 0 Å². The molecule has 2 atom stereocenters. The molecule has 2 N–H and O–H groups in total. The second-order valence-corrected chi connectivity index (χ2v) is 12.0. The van der Waals surface area contributed by atoms with Crippen molar-refractivity contribution in [2.75, 3.05) is 12.4 Å². The first-order chi connectivity index (χ1) is 18.9. The minimum absolute atomic E-state index is 0.0935. The fourth-order valence-electron chi connectivity index (χ4n) is 4.51. The molecule has 6 heteroatoms. The molecule has 4 aromatic rings. The molecule has 200 valence electrons. The Labute approximate surface area is 232 Å². The molecule has 0 aliphatic carbocycles. The number of methoxy groups -OCH3 is 1. The number of hydrogen-bond donors (Lipinski definition) is 2. The molecule has 0 saturated carbocycles. The van der Waals surface area contributed by atoms with E-state index in [0.29, 0.717) is 5.69 Å². The second-order valence-electron chi connectivity index (χ2n) is 9.77. The van der Waals surface area contributed by atoms with Gasteiger partial charge in [-0.1, -0.05) is 116 Å². The molecule has 4 rings (SSSR count). The first-order valence-electron chi connectivity index (χ1n) is 13.1. The topological polar surface area (TPSA) is 67.4 Å². The van der Waals surface area contributed by atoms with Gasteiger partial charge in [-0.05, 0) is 54.4 Å². The highest BCUT2D eigenvalue weighted by molar-refractivity contribution is 7.79. The van der Waals surface area contributed by atoms with Gasteiger partial charge in [0.25, 0.3) is 0 Å². The van der Waals surface area contributed by atoms with Crippen LogP contribution in [0.5, 0.6) is 0 Å². The maximum Gasteiger partial charge on any atom is 0.323 e. The first-order valence-corrected chi connectivity index (χ1v) is 14.4. The van der Waals surface area contributed by atoms with E-state index in [0.717, 1.165) is 16.4 Å². The quantitative estimate of drug-likeness (QED) is 0.215. The van der Waals surface area contributed by atoms with Gasteiger partial charge in [-0.15, -0.1) is 0 Å². The Hall–Kier alpha value is -3.79. The molecule has 0 aromatic heterocycles. The van der Waals surface area contributed by atoms with Crippen molar-refractivity contribution in [3.05, 3.63) is 120 Å². The highest BCUT2D eigenvalue weighted by atomic mass is 31.1. The van der Waals surface area contributed by atoms with Gasteiger partial charge < -0.3 is 10.1 Å². The highest BCUT2D eigenvalue weighted by Crippen LogP contribution is 2.36. The van der Waals surface area contributed by atoms with E-state index in [1.54, 1.807) is 0 Å². The predicted octanol–water partition coefficient (Wildman–Crippen LogP) is 5.22. The van der Waals surface area contributed by atoms with E-state index in [2.05, 4.69) is 41.0 Å². The summed E-state index contributed by atoms with van der Waals surface area (Å²) >= 11 is 0. The molecule has 0 fully saturated rings. The van der Waals surface area contributed by atoms with Crippen LogP contribution in [0, 0.1) is 12.8 Å². The molecule has 0 radical (unpaired) electrons. The Balaban J connectivity index is 1.84. The molecule has 4 aromatic carbocycles. The maximum atomic E-state index is 14.0. The standard InChI is InChI=1S/C33H35N2O3P/c1-23(2)30(33(37)38-4)35-31(32(36)34-25-21-19-24(3)20-22-25)28-17-11-12-18-29(28)39(26-13-7-5-8-14-26)27-15-9-6-10-16-27/h5-23,30-31,35H,1-4H3,(H,34,36)/t30-,31-/m0/s1. The van der Waals surface area contributed by atoms with Crippen molar-refractivity contribution >= 4 is 41.4 Å². The van der Waals surface area contributed by atoms with E-state index in [-0.39, 0.29) is 11.8 Å². The van der Waals surface area contributed by atoms with Crippen LogP contribution in [0.4, 0.5) is 5.69 Å². The third-order valence-electron chi connectivity index (χ3n) is 6.57. The van der Waals surface area contributed by atoms with Crippen LogP contribution in [-0.4, -0.2) is 25.0 Å². The van der Waals surface area contributed by atoms with Crippen molar-refractivity contribution < 1.29 is 14.3 Å². The number of ether oxygens (including phenoxy) is 1. The number of nitrogens with one attached hydrogen (secondary N) is 2. The molecule has 0 bridgehead atoms. The van der Waals surface area contributed by atoms with Gasteiger partial charge in [-0.25, -0.2) is 0 Å². The lowest BCUT2D eigenvalue weighted by molar-refractivity contribution is -0.144. The molecular weight excluding hydrogens is 503 g/mol. The fraction of sp³-hybridized carbons (Fsp3) is 0.212. The van der Waals surface area contributed by atoms with Gasteiger partial charge in [0.15, 0.2) is 0 Å². The summed E-state index contributed by atoms with van der Waals surface area (Å²) in [6.45, 7) is 5.89. The second kappa shape index (κ2) is 13.3. The molecule has 0 spiro atoms. The third kappa shape index (κ3) is 7.00. The number of esters is 1. The van der Waals surface area contributed by atoms with Crippen LogP contribution in [0.25, 0.3) is 0 Å². The molecule has 5 nitrogen and oxygen atoms in total. The van der Waals surface area contributed by atoms with Crippen molar-refractivity contribution in [1.29, 1.82) is 0 Å². The fourth-order valence-corrected chi connectivity index (χ4v) is 7.01. The largest absolute Gasteiger partial charge is 0.468 e. The van der Waals surface area contributed by atoms with Crippen LogP contribution < -0.4 is 26.5 Å². The van der Waals surface area contributed by atoms with Crippen molar-refractivity contribution in [3.63, 3.8) is 0 Å². The summed E-state index contributed by atoms with van der Waals surface area (Å²) in [6, 6.07) is 35.0. The normalized spacial score (nSPS) is 12.7. The van der Waals surface area contributed by atoms with Crippen molar-refractivity contribution in [2.24, 2.45) is 5.92 Å². The zero-order valence-electron chi connectivity index (χ0n) is 22.8. The van der Waals surface area contributed by atoms with Crippen LogP contribution in [0.15, 0.2) is 109 Å². The molecule has 0 saturated heterocycles. The van der Waals surface area contributed by atoms with Crippen LogP contribution in [0.1, 0.15) is 31.0 Å². The smallest absolute Gasteiger partial charge is 0.323 e. The number of anilines is 1. The lowest BCUT2D eigenvalue weighted by Gasteiger charge is -2.30. The van der Waals surface area contributed by atoms with Crippen LogP contribution in [0.3, 0.4) is 0 Å². The average Bonchev–Trinajstić information content (AvgIpc) is 2.96. The number of benzene rings is 4. The highest BCUT2D eigenvalue weighted by Gasteiger charge is 2.33. The molecule has 1 amide bonds. The number of carbonyl (C=O) groups excluding carboxylic acids is 2. The van der Waals surface area contributed by atoms with E-state index in [4.69, 9.17) is 4.74 Å². The Kier molecular flexibility index (Phi) is 9.64. The molecule has 0 unspecified atom stereocenters. The lowest BCUT2D eigenvalue weighted by atomic mass is 9.99. The Bertz CT molecular complexity index is 1340.